The standard InChI is InChI=1S/C24H24N4O3/c1-17-7-5-8-18(13-17)14-26-16-25-22-21(26)23(29)27(15-20-11-6-12-31-20)24(30)28(22)19-9-3-2-4-10-19/h2-5,7-10,13,16,20H,6,11-12,14-15H2,1H3/t20-/m1/s1. The summed E-state index contributed by atoms with van der Waals surface area (Å²) in [4.78, 5) is 31.4. The number of benzene rings is 2. The summed E-state index contributed by atoms with van der Waals surface area (Å²) in [6, 6.07) is 17.5. The van der Waals surface area contributed by atoms with E-state index in [1.165, 1.54) is 9.13 Å². The smallest absolute Gasteiger partial charge is 0.337 e. The van der Waals surface area contributed by atoms with Crippen LogP contribution < -0.4 is 11.2 Å². The SMILES string of the molecule is Cc1cccc(Cn2cnc3c2c(=O)n(C[C@H]2CCCO2)c(=O)n3-c2ccccc2)c1. The van der Waals surface area contributed by atoms with Crippen molar-refractivity contribution in [3.8, 4) is 5.69 Å². The minimum Gasteiger partial charge on any atom is -0.376 e. The van der Waals surface area contributed by atoms with Gasteiger partial charge in [0.1, 0.15) is 0 Å². The summed E-state index contributed by atoms with van der Waals surface area (Å²) in [5.74, 6) is 0. The van der Waals surface area contributed by atoms with E-state index in [9.17, 15) is 9.59 Å². The Labute approximate surface area is 179 Å². The molecule has 7 nitrogen and oxygen atoms in total. The van der Waals surface area contributed by atoms with Crippen molar-refractivity contribution >= 4 is 11.2 Å². The van der Waals surface area contributed by atoms with Crippen molar-refractivity contribution in [2.45, 2.75) is 39.0 Å². The Morgan fingerprint density at radius 3 is 2.68 bits per heavy atom. The van der Waals surface area contributed by atoms with E-state index in [4.69, 9.17) is 4.74 Å². The van der Waals surface area contributed by atoms with Crippen LogP contribution in [0.4, 0.5) is 0 Å². The Kier molecular flexibility index (Phi) is 5.03. The first-order valence-electron chi connectivity index (χ1n) is 10.5. The van der Waals surface area contributed by atoms with Crippen LogP contribution in [0.1, 0.15) is 24.0 Å². The summed E-state index contributed by atoms with van der Waals surface area (Å²) in [6.07, 6.45) is 3.31. The molecule has 0 saturated carbocycles. The third kappa shape index (κ3) is 3.61. The van der Waals surface area contributed by atoms with Crippen molar-refractivity contribution in [3.05, 3.63) is 92.9 Å². The first-order valence-corrected chi connectivity index (χ1v) is 10.5. The maximum absolute atomic E-state index is 13.5. The second-order valence-electron chi connectivity index (χ2n) is 8.04. The predicted molar refractivity (Wildman–Crippen MR) is 119 cm³/mol. The monoisotopic (exact) mass is 416 g/mol. The van der Waals surface area contributed by atoms with E-state index < -0.39 is 0 Å². The van der Waals surface area contributed by atoms with Crippen LogP contribution >= 0.6 is 0 Å². The average Bonchev–Trinajstić information content (AvgIpc) is 3.42. The Balaban J connectivity index is 1.72. The van der Waals surface area contributed by atoms with Gasteiger partial charge in [0.2, 0.25) is 0 Å². The lowest BCUT2D eigenvalue weighted by molar-refractivity contribution is 0.0950. The van der Waals surface area contributed by atoms with E-state index in [-0.39, 0.29) is 23.9 Å². The molecule has 2 aromatic carbocycles. The minimum absolute atomic E-state index is 0.125. The number of hydrogen-bond acceptors (Lipinski definition) is 4. The molecule has 1 fully saturated rings. The molecule has 1 aliphatic heterocycles. The van der Waals surface area contributed by atoms with Crippen LogP contribution in [0.3, 0.4) is 0 Å². The van der Waals surface area contributed by atoms with Gasteiger partial charge in [-0.2, -0.15) is 0 Å². The molecule has 1 atom stereocenters. The van der Waals surface area contributed by atoms with Crippen LogP contribution in [-0.2, 0) is 17.8 Å². The predicted octanol–water partition coefficient (Wildman–Crippen LogP) is 2.88. The fraction of sp³-hybridized carbons (Fsp3) is 0.292. The largest absolute Gasteiger partial charge is 0.376 e. The molecule has 3 heterocycles. The van der Waals surface area contributed by atoms with Gasteiger partial charge in [-0.3, -0.25) is 9.36 Å². The van der Waals surface area contributed by atoms with Gasteiger partial charge in [0.05, 0.1) is 24.7 Å². The molecule has 0 N–H and O–H groups in total. The topological polar surface area (TPSA) is 71.1 Å². The van der Waals surface area contributed by atoms with Crippen molar-refractivity contribution in [1.29, 1.82) is 0 Å². The van der Waals surface area contributed by atoms with Gasteiger partial charge in [0.25, 0.3) is 5.56 Å². The molecule has 5 rings (SSSR count). The zero-order chi connectivity index (χ0) is 21.4. The molecule has 158 valence electrons. The summed E-state index contributed by atoms with van der Waals surface area (Å²) in [5, 5.41) is 0. The molecular formula is C24H24N4O3. The number of imidazole rings is 1. The van der Waals surface area contributed by atoms with Crippen LogP contribution in [0.5, 0.6) is 0 Å². The Hall–Kier alpha value is -3.45. The Morgan fingerprint density at radius 2 is 1.94 bits per heavy atom. The van der Waals surface area contributed by atoms with Gasteiger partial charge in [-0.25, -0.2) is 14.3 Å². The van der Waals surface area contributed by atoms with E-state index in [1.54, 1.807) is 6.33 Å². The van der Waals surface area contributed by atoms with E-state index in [0.717, 1.165) is 24.0 Å². The number of fused-ring (bicyclic) bond motifs is 1. The van der Waals surface area contributed by atoms with Crippen LogP contribution in [0, 0.1) is 6.92 Å². The third-order valence-corrected chi connectivity index (χ3v) is 5.76. The molecule has 1 saturated heterocycles. The van der Waals surface area contributed by atoms with Crippen molar-refractivity contribution < 1.29 is 4.74 Å². The fourth-order valence-corrected chi connectivity index (χ4v) is 4.27. The second kappa shape index (κ2) is 8.00. The van der Waals surface area contributed by atoms with Gasteiger partial charge >= 0.3 is 5.69 Å². The summed E-state index contributed by atoms with van der Waals surface area (Å²) in [7, 11) is 0. The summed E-state index contributed by atoms with van der Waals surface area (Å²) >= 11 is 0. The van der Waals surface area contributed by atoms with Gasteiger partial charge in [0.15, 0.2) is 11.2 Å². The number of para-hydroxylation sites is 1. The highest BCUT2D eigenvalue weighted by molar-refractivity contribution is 5.72. The molecule has 7 heteroatoms. The van der Waals surface area contributed by atoms with Gasteiger partial charge in [-0.15, -0.1) is 0 Å². The number of hydrogen-bond donors (Lipinski definition) is 0. The maximum Gasteiger partial charge on any atom is 0.337 e. The summed E-state index contributed by atoms with van der Waals surface area (Å²) in [6.45, 7) is 3.45. The highest BCUT2D eigenvalue weighted by Gasteiger charge is 2.23. The van der Waals surface area contributed by atoms with Crippen molar-refractivity contribution in [2.75, 3.05) is 6.61 Å². The lowest BCUT2D eigenvalue weighted by atomic mass is 10.1. The lowest BCUT2D eigenvalue weighted by Crippen LogP contribution is -2.42. The zero-order valence-corrected chi connectivity index (χ0v) is 17.4. The molecule has 0 spiro atoms. The summed E-state index contributed by atoms with van der Waals surface area (Å²) < 4.78 is 10.4. The van der Waals surface area contributed by atoms with Crippen molar-refractivity contribution in [2.24, 2.45) is 0 Å². The van der Waals surface area contributed by atoms with Crippen molar-refractivity contribution in [1.82, 2.24) is 18.7 Å². The summed E-state index contributed by atoms with van der Waals surface area (Å²) in [5.41, 5.74) is 2.98. The molecule has 0 unspecified atom stereocenters. The van der Waals surface area contributed by atoms with Gasteiger partial charge in [-0.1, -0.05) is 48.0 Å². The molecule has 1 aliphatic rings. The third-order valence-electron chi connectivity index (χ3n) is 5.76. The number of nitrogens with zero attached hydrogens (tertiary/aromatic N) is 4. The quantitative estimate of drug-likeness (QED) is 0.502. The van der Waals surface area contributed by atoms with Crippen LogP contribution in [-0.4, -0.2) is 31.4 Å². The Bertz CT molecular complexity index is 1350. The number of aryl methyl sites for hydroxylation is 1. The van der Waals surface area contributed by atoms with E-state index in [0.29, 0.717) is 30.0 Å². The fourth-order valence-electron chi connectivity index (χ4n) is 4.27. The van der Waals surface area contributed by atoms with Gasteiger partial charge < -0.3 is 9.30 Å². The number of rotatable bonds is 5. The van der Waals surface area contributed by atoms with E-state index in [2.05, 4.69) is 11.1 Å². The second-order valence-corrected chi connectivity index (χ2v) is 8.04. The average molecular weight is 416 g/mol. The van der Waals surface area contributed by atoms with Crippen LogP contribution in [0.15, 0.2) is 70.5 Å². The molecular weight excluding hydrogens is 392 g/mol. The first-order chi connectivity index (χ1) is 15.1. The number of aromatic nitrogens is 4. The minimum atomic E-state index is -0.389. The number of ether oxygens (including phenoxy) is 1. The molecule has 31 heavy (non-hydrogen) atoms. The van der Waals surface area contributed by atoms with Crippen molar-refractivity contribution in [3.63, 3.8) is 0 Å². The first kappa shape index (κ1) is 19.5. The van der Waals surface area contributed by atoms with Crippen LogP contribution in [0.2, 0.25) is 0 Å². The Morgan fingerprint density at radius 1 is 1.10 bits per heavy atom. The van der Waals surface area contributed by atoms with E-state index in [1.807, 2.05) is 60.0 Å². The van der Waals surface area contributed by atoms with Gasteiger partial charge in [-0.05, 0) is 37.5 Å². The molecule has 4 aromatic rings. The van der Waals surface area contributed by atoms with E-state index >= 15 is 0 Å². The highest BCUT2D eigenvalue weighted by atomic mass is 16.5. The molecule has 0 bridgehead atoms. The lowest BCUT2D eigenvalue weighted by Gasteiger charge is -2.15. The highest BCUT2D eigenvalue weighted by Crippen LogP contribution is 2.17. The molecule has 2 aromatic heterocycles. The zero-order valence-electron chi connectivity index (χ0n) is 17.4. The van der Waals surface area contributed by atoms with Crippen LogP contribution in [0.25, 0.3) is 16.9 Å². The maximum atomic E-state index is 13.5. The molecule has 0 aliphatic carbocycles. The molecule has 0 amide bonds. The normalized spacial score (nSPS) is 16.2. The molecule has 0 radical (unpaired) electrons. The van der Waals surface area contributed by atoms with Gasteiger partial charge in [0, 0.05) is 13.2 Å².